The van der Waals surface area contributed by atoms with Crippen molar-refractivity contribution < 1.29 is 4.79 Å². The van der Waals surface area contributed by atoms with Crippen molar-refractivity contribution in [1.29, 1.82) is 0 Å². The molecule has 106 valence electrons. The molecule has 5 nitrogen and oxygen atoms in total. The van der Waals surface area contributed by atoms with Crippen molar-refractivity contribution in [2.75, 3.05) is 18.4 Å². The lowest BCUT2D eigenvalue weighted by atomic mass is 10.0. The SMILES string of the molecule is CCc1nsc(NC2CCN(C(=O)C(C)C)CC2)n1. The lowest BCUT2D eigenvalue weighted by Gasteiger charge is -2.33. The van der Waals surface area contributed by atoms with E-state index >= 15 is 0 Å². The molecule has 0 unspecified atom stereocenters. The summed E-state index contributed by atoms with van der Waals surface area (Å²) in [5.41, 5.74) is 0. The molecule has 2 heterocycles. The maximum absolute atomic E-state index is 11.9. The molecule has 0 aromatic carbocycles. The van der Waals surface area contributed by atoms with Crippen molar-refractivity contribution in [1.82, 2.24) is 14.3 Å². The Morgan fingerprint density at radius 3 is 2.68 bits per heavy atom. The van der Waals surface area contributed by atoms with E-state index in [4.69, 9.17) is 0 Å². The fourth-order valence-corrected chi connectivity index (χ4v) is 2.97. The van der Waals surface area contributed by atoms with Crippen molar-refractivity contribution in [2.24, 2.45) is 5.92 Å². The summed E-state index contributed by atoms with van der Waals surface area (Å²) < 4.78 is 4.27. The van der Waals surface area contributed by atoms with Gasteiger partial charge in [0.25, 0.3) is 0 Å². The third kappa shape index (κ3) is 3.65. The molecule has 19 heavy (non-hydrogen) atoms. The molecule has 1 saturated heterocycles. The highest BCUT2D eigenvalue weighted by Gasteiger charge is 2.24. The lowest BCUT2D eigenvalue weighted by Crippen LogP contribution is -2.43. The van der Waals surface area contributed by atoms with Gasteiger partial charge in [0.2, 0.25) is 11.0 Å². The predicted octanol–water partition coefficient (Wildman–Crippen LogP) is 2.16. The number of carbonyl (C=O) groups is 1. The largest absolute Gasteiger partial charge is 0.357 e. The third-order valence-electron chi connectivity index (χ3n) is 3.41. The molecule has 1 fully saturated rings. The number of rotatable bonds is 4. The average molecular weight is 282 g/mol. The second-order valence-corrected chi connectivity index (χ2v) is 6.02. The number of aromatic nitrogens is 2. The summed E-state index contributed by atoms with van der Waals surface area (Å²) >= 11 is 1.43. The van der Waals surface area contributed by atoms with E-state index in [0.717, 1.165) is 43.3 Å². The molecule has 6 heteroatoms. The van der Waals surface area contributed by atoms with E-state index < -0.39 is 0 Å². The van der Waals surface area contributed by atoms with E-state index in [9.17, 15) is 4.79 Å². The highest BCUT2D eigenvalue weighted by atomic mass is 32.1. The lowest BCUT2D eigenvalue weighted by molar-refractivity contribution is -0.135. The first-order valence-corrected chi connectivity index (χ1v) is 7.75. The van der Waals surface area contributed by atoms with Gasteiger partial charge in [-0.25, -0.2) is 4.98 Å². The van der Waals surface area contributed by atoms with E-state index in [1.165, 1.54) is 11.5 Å². The Bertz CT molecular complexity index is 424. The number of anilines is 1. The fourth-order valence-electron chi connectivity index (χ4n) is 2.24. The predicted molar refractivity (Wildman–Crippen MR) is 77.3 cm³/mol. The second kappa shape index (κ2) is 6.32. The zero-order valence-corrected chi connectivity index (χ0v) is 12.7. The Labute approximate surface area is 118 Å². The van der Waals surface area contributed by atoms with Crippen LogP contribution in [0.2, 0.25) is 0 Å². The zero-order valence-electron chi connectivity index (χ0n) is 11.8. The van der Waals surface area contributed by atoms with Crippen LogP contribution < -0.4 is 5.32 Å². The van der Waals surface area contributed by atoms with Gasteiger partial charge in [-0.1, -0.05) is 20.8 Å². The summed E-state index contributed by atoms with van der Waals surface area (Å²) in [7, 11) is 0. The summed E-state index contributed by atoms with van der Waals surface area (Å²) in [6.07, 6.45) is 2.85. The van der Waals surface area contributed by atoms with Crippen LogP contribution in [-0.4, -0.2) is 39.3 Å². The third-order valence-corrected chi connectivity index (χ3v) is 4.10. The van der Waals surface area contributed by atoms with Crippen LogP contribution in [0.15, 0.2) is 0 Å². The zero-order chi connectivity index (χ0) is 13.8. The van der Waals surface area contributed by atoms with Gasteiger partial charge in [0, 0.05) is 43.0 Å². The van der Waals surface area contributed by atoms with Crippen LogP contribution in [0.3, 0.4) is 0 Å². The van der Waals surface area contributed by atoms with Gasteiger partial charge >= 0.3 is 0 Å². The van der Waals surface area contributed by atoms with Crippen molar-refractivity contribution in [3.63, 3.8) is 0 Å². The molecule has 1 aliphatic rings. The van der Waals surface area contributed by atoms with Gasteiger partial charge in [-0.15, -0.1) is 0 Å². The first-order chi connectivity index (χ1) is 9.10. The summed E-state index contributed by atoms with van der Waals surface area (Å²) in [6.45, 7) is 7.66. The number of aryl methyl sites for hydroxylation is 1. The summed E-state index contributed by atoms with van der Waals surface area (Å²) in [5, 5.41) is 4.34. The molecule has 0 spiro atoms. The molecule has 0 atom stereocenters. The molecule has 1 amide bonds. The minimum absolute atomic E-state index is 0.0970. The van der Waals surface area contributed by atoms with Gasteiger partial charge in [0.15, 0.2) is 0 Å². The quantitative estimate of drug-likeness (QED) is 0.919. The molecular weight excluding hydrogens is 260 g/mol. The monoisotopic (exact) mass is 282 g/mol. The number of likely N-dealkylation sites (tertiary alicyclic amines) is 1. The Morgan fingerprint density at radius 1 is 1.47 bits per heavy atom. The number of nitrogens with one attached hydrogen (secondary N) is 1. The van der Waals surface area contributed by atoms with Crippen molar-refractivity contribution >= 4 is 22.6 Å². The summed E-state index contributed by atoms with van der Waals surface area (Å²) in [5.74, 6) is 1.27. The minimum atomic E-state index is 0.0970. The molecule has 1 N–H and O–H groups in total. The molecule has 1 aliphatic heterocycles. The second-order valence-electron chi connectivity index (χ2n) is 5.27. The van der Waals surface area contributed by atoms with Crippen LogP contribution in [0.1, 0.15) is 39.4 Å². The van der Waals surface area contributed by atoms with Crippen LogP contribution in [0.5, 0.6) is 0 Å². The molecule has 0 bridgehead atoms. The van der Waals surface area contributed by atoms with Gasteiger partial charge in [-0.2, -0.15) is 4.37 Å². The summed E-state index contributed by atoms with van der Waals surface area (Å²) in [6, 6.07) is 0.411. The van der Waals surface area contributed by atoms with Crippen LogP contribution in [-0.2, 0) is 11.2 Å². The van der Waals surface area contributed by atoms with Crippen LogP contribution >= 0.6 is 11.5 Å². The number of hydrogen-bond acceptors (Lipinski definition) is 5. The minimum Gasteiger partial charge on any atom is -0.357 e. The highest BCUT2D eigenvalue weighted by molar-refractivity contribution is 7.09. The maximum Gasteiger partial charge on any atom is 0.225 e. The Hall–Kier alpha value is -1.17. The van der Waals surface area contributed by atoms with Gasteiger partial charge in [-0.3, -0.25) is 4.79 Å². The van der Waals surface area contributed by atoms with Crippen LogP contribution in [0.4, 0.5) is 5.13 Å². The molecule has 0 radical (unpaired) electrons. The van der Waals surface area contributed by atoms with E-state index in [0.29, 0.717) is 6.04 Å². The van der Waals surface area contributed by atoms with E-state index in [2.05, 4.69) is 21.6 Å². The number of hydrogen-bond donors (Lipinski definition) is 1. The number of nitrogens with zero attached hydrogens (tertiary/aromatic N) is 3. The number of amides is 1. The van der Waals surface area contributed by atoms with Crippen LogP contribution in [0, 0.1) is 5.92 Å². The fraction of sp³-hybridized carbons (Fsp3) is 0.769. The van der Waals surface area contributed by atoms with E-state index in [1.807, 2.05) is 18.7 Å². The Balaban J connectivity index is 1.81. The molecule has 2 rings (SSSR count). The molecule has 0 aliphatic carbocycles. The number of piperidine rings is 1. The molecule has 0 saturated carbocycles. The van der Waals surface area contributed by atoms with Gasteiger partial charge < -0.3 is 10.2 Å². The normalized spacial score (nSPS) is 16.9. The van der Waals surface area contributed by atoms with Gasteiger partial charge in [0.1, 0.15) is 5.82 Å². The van der Waals surface area contributed by atoms with Crippen molar-refractivity contribution in [3.8, 4) is 0 Å². The average Bonchev–Trinajstić information content (AvgIpc) is 2.86. The smallest absolute Gasteiger partial charge is 0.225 e. The van der Waals surface area contributed by atoms with Crippen molar-refractivity contribution in [3.05, 3.63) is 5.82 Å². The molecule has 1 aromatic rings. The first-order valence-electron chi connectivity index (χ1n) is 6.98. The van der Waals surface area contributed by atoms with Gasteiger partial charge in [0.05, 0.1) is 0 Å². The standard InChI is InChI=1S/C13H22N4OS/c1-4-11-15-13(19-16-11)14-10-5-7-17(8-6-10)12(18)9(2)3/h9-10H,4-8H2,1-3H3,(H,14,15,16). The maximum atomic E-state index is 11.9. The summed E-state index contributed by atoms with van der Waals surface area (Å²) in [4.78, 5) is 18.3. The van der Waals surface area contributed by atoms with Gasteiger partial charge in [-0.05, 0) is 12.8 Å². The topological polar surface area (TPSA) is 58.1 Å². The Morgan fingerprint density at radius 2 is 2.16 bits per heavy atom. The molecular formula is C13H22N4OS. The van der Waals surface area contributed by atoms with E-state index in [-0.39, 0.29) is 11.8 Å². The highest BCUT2D eigenvalue weighted by Crippen LogP contribution is 2.19. The molecule has 1 aromatic heterocycles. The first kappa shape index (κ1) is 14.2. The Kier molecular flexibility index (Phi) is 4.74. The van der Waals surface area contributed by atoms with Crippen molar-refractivity contribution in [2.45, 2.75) is 46.1 Å². The number of carbonyl (C=O) groups excluding carboxylic acids is 1. The van der Waals surface area contributed by atoms with Crippen LogP contribution in [0.25, 0.3) is 0 Å². The van der Waals surface area contributed by atoms with E-state index in [1.54, 1.807) is 0 Å².